The van der Waals surface area contributed by atoms with Crippen LogP contribution in [0, 0.1) is 0 Å². The molecule has 0 spiro atoms. The Morgan fingerprint density at radius 3 is 2.59 bits per heavy atom. The van der Waals surface area contributed by atoms with E-state index in [1.165, 1.54) is 6.21 Å². The summed E-state index contributed by atoms with van der Waals surface area (Å²) in [5, 5.41) is 6.43. The van der Waals surface area contributed by atoms with Gasteiger partial charge in [0, 0.05) is 15.6 Å². The van der Waals surface area contributed by atoms with Gasteiger partial charge < -0.3 is 14.8 Å². The van der Waals surface area contributed by atoms with Gasteiger partial charge in [0.05, 0.1) is 26.5 Å². The predicted octanol–water partition coefficient (Wildman–Crippen LogP) is 2.74. The topological polar surface area (TPSA) is 89.0 Å². The van der Waals surface area contributed by atoms with Crippen molar-refractivity contribution in [3.05, 3.63) is 58.1 Å². The molecule has 7 nitrogen and oxygen atoms in total. The highest BCUT2D eigenvalue weighted by atomic mass is 79.9. The fourth-order valence-corrected chi connectivity index (χ4v) is 2.50. The molecule has 8 heteroatoms. The van der Waals surface area contributed by atoms with E-state index in [4.69, 9.17) is 9.47 Å². The number of methoxy groups -OCH3 is 1. The zero-order valence-corrected chi connectivity index (χ0v) is 16.6. The molecule has 27 heavy (non-hydrogen) atoms. The predicted molar refractivity (Wildman–Crippen MR) is 106 cm³/mol. The van der Waals surface area contributed by atoms with Crippen molar-refractivity contribution in [1.29, 1.82) is 0 Å². The smallest absolute Gasteiger partial charge is 0.259 e. The summed E-state index contributed by atoms with van der Waals surface area (Å²) in [7, 11) is 1.55. The molecule has 0 bridgehead atoms. The first kappa shape index (κ1) is 20.4. The average molecular weight is 434 g/mol. The van der Waals surface area contributed by atoms with Gasteiger partial charge in [0.15, 0.2) is 0 Å². The number of halogens is 1. The van der Waals surface area contributed by atoms with Crippen LogP contribution in [0.2, 0.25) is 0 Å². The zero-order valence-electron chi connectivity index (χ0n) is 15.0. The van der Waals surface area contributed by atoms with E-state index in [1.54, 1.807) is 31.4 Å². The van der Waals surface area contributed by atoms with E-state index < -0.39 is 5.91 Å². The molecule has 0 radical (unpaired) electrons. The number of carbonyl (C=O) groups excluding carboxylic acids is 2. The molecular formula is C19H20BrN3O4. The van der Waals surface area contributed by atoms with Crippen LogP contribution in [0.25, 0.3) is 0 Å². The van der Waals surface area contributed by atoms with Crippen LogP contribution in [0.3, 0.4) is 0 Å². The first-order chi connectivity index (χ1) is 13.0. The molecule has 0 unspecified atom stereocenters. The van der Waals surface area contributed by atoms with Gasteiger partial charge in [-0.1, -0.05) is 15.9 Å². The summed E-state index contributed by atoms with van der Waals surface area (Å²) in [5.74, 6) is 0.507. The third kappa shape index (κ3) is 6.41. The van der Waals surface area contributed by atoms with Crippen molar-refractivity contribution in [2.24, 2.45) is 5.10 Å². The molecule has 0 fully saturated rings. The number of hydrogen-bond acceptors (Lipinski definition) is 5. The lowest BCUT2D eigenvalue weighted by molar-refractivity contribution is -0.120. The van der Waals surface area contributed by atoms with Crippen molar-refractivity contribution >= 4 is 34.0 Å². The molecular weight excluding hydrogens is 414 g/mol. The lowest BCUT2D eigenvalue weighted by Gasteiger charge is -2.07. The number of carbonyl (C=O) groups is 2. The van der Waals surface area contributed by atoms with Gasteiger partial charge in [-0.3, -0.25) is 9.59 Å². The molecule has 0 saturated heterocycles. The highest BCUT2D eigenvalue weighted by Crippen LogP contribution is 2.21. The van der Waals surface area contributed by atoms with Crippen LogP contribution in [0.4, 0.5) is 0 Å². The number of benzene rings is 2. The zero-order chi connectivity index (χ0) is 19.6. The summed E-state index contributed by atoms with van der Waals surface area (Å²) in [4.78, 5) is 23.9. The van der Waals surface area contributed by atoms with Crippen LogP contribution >= 0.6 is 15.9 Å². The second kappa shape index (κ2) is 10.3. The highest BCUT2D eigenvalue weighted by molar-refractivity contribution is 9.10. The third-order valence-corrected chi connectivity index (χ3v) is 3.92. The highest BCUT2D eigenvalue weighted by Gasteiger charge is 2.08. The lowest BCUT2D eigenvalue weighted by atomic mass is 10.2. The molecule has 0 heterocycles. The number of nitrogens with one attached hydrogen (secondary N) is 2. The average Bonchev–Trinajstić information content (AvgIpc) is 2.68. The Hall–Kier alpha value is -2.87. The Morgan fingerprint density at radius 1 is 1.19 bits per heavy atom. The van der Waals surface area contributed by atoms with Crippen LogP contribution < -0.4 is 20.2 Å². The normalized spacial score (nSPS) is 10.5. The fraction of sp³-hybridized carbons (Fsp3) is 0.211. The SMILES string of the molecule is CCOc1ccc(Br)cc1/C=N\NC(=O)CNC(=O)c1ccc(OC)cc1. The summed E-state index contributed by atoms with van der Waals surface area (Å²) < 4.78 is 11.4. The summed E-state index contributed by atoms with van der Waals surface area (Å²) in [5.41, 5.74) is 3.52. The maximum Gasteiger partial charge on any atom is 0.259 e. The Balaban J connectivity index is 1.86. The Bertz CT molecular complexity index is 822. The maximum absolute atomic E-state index is 12.0. The van der Waals surface area contributed by atoms with Gasteiger partial charge in [-0.25, -0.2) is 5.43 Å². The Kier molecular flexibility index (Phi) is 7.81. The van der Waals surface area contributed by atoms with E-state index >= 15 is 0 Å². The monoisotopic (exact) mass is 433 g/mol. The first-order valence-corrected chi connectivity index (χ1v) is 8.99. The van der Waals surface area contributed by atoms with Gasteiger partial charge in [0.2, 0.25) is 0 Å². The molecule has 0 atom stereocenters. The molecule has 0 aliphatic rings. The van der Waals surface area contributed by atoms with Crippen LogP contribution in [0.15, 0.2) is 52.0 Å². The van der Waals surface area contributed by atoms with Gasteiger partial charge in [0.25, 0.3) is 11.8 Å². The summed E-state index contributed by atoms with van der Waals surface area (Å²) >= 11 is 3.38. The summed E-state index contributed by atoms with van der Waals surface area (Å²) in [6.07, 6.45) is 1.49. The van der Waals surface area contributed by atoms with E-state index in [9.17, 15) is 9.59 Å². The van der Waals surface area contributed by atoms with Gasteiger partial charge >= 0.3 is 0 Å². The molecule has 0 aliphatic heterocycles. The van der Waals surface area contributed by atoms with E-state index in [2.05, 4.69) is 31.8 Å². The number of ether oxygens (including phenoxy) is 2. The largest absolute Gasteiger partial charge is 0.497 e. The van der Waals surface area contributed by atoms with Crippen LogP contribution in [0.5, 0.6) is 11.5 Å². The van der Waals surface area contributed by atoms with Crippen molar-refractivity contribution in [2.45, 2.75) is 6.92 Å². The van der Waals surface area contributed by atoms with Crippen molar-refractivity contribution in [1.82, 2.24) is 10.7 Å². The third-order valence-electron chi connectivity index (χ3n) is 3.43. The Morgan fingerprint density at radius 2 is 1.93 bits per heavy atom. The Labute approximate surface area is 165 Å². The minimum atomic E-state index is -0.443. The molecule has 0 saturated carbocycles. The molecule has 142 valence electrons. The van der Waals surface area contributed by atoms with Crippen LogP contribution in [-0.4, -0.2) is 38.3 Å². The van der Waals surface area contributed by atoms with Gasteiger partial charge in [-0.05, 0) is 49.4 Å². The van der Waals surface area contributed by atoms with Gasteiger partial charge in [0.1, 0.15) is 11.5 Å². The lowest BCUT2D eigenvalue weighted by Crippen LogP contribution is -2.34. The van der Waals surface area contributed by atoms with E-state index in [0.717, 1.165) is 4.47 Å². The van der Waals surface area contributed by atoms with E-state index in [1.807, 2.05) is 25.1 Å². The molecule has 2 aromatic rings. The minimum absolute atomic E-state index is 0.195. The minimum Gasteiger partial charge on any atom is -0.497 e. The number of amides is 2. The van der Waals surface area contributed by atoms with Crippen molar-refractivity contribution in [2.75, 3.05) is 20.3 Å². The van der Waals surface area contributed by atoms with Gasteiger partial charge in [-0.15, -0.1) is 0 Å². The molecule has 2 aromatic carbocycles. The number of hydrogen-bond donors (Lipinski definition) is 2. The number of hydrazone groups is 1. The number of nitrogens with zero attached hydrogens (tertiary/aromatic N) is 1. The second-order valence-corrected chi connectivity index (χ2v) is 6.24. The standard InChI is InChI=1S/C19H20BrN3O4/c1-3-27-17-9-6-15(20)10-14(17)11-22-23-18(24)12-21-19(25)13-4-7-16(26-2)8-5-13/h4-11H,3,12H2,1-2H3,(H,21,25)(H,23,24)/b22-11-. The molecule has 2 amide bonds. The summed E-state index contributed by atoms with van der Waals surface area (Å²) in [6.45, 7) is 2.21. The van der Waals surface area contributed by atoms with E-state index in [0.29, 0.717) is 29.2 Å². The molecule has 2 N–H and O–H groups in total. The van der Waals surface area contributed by atoms with E-state index in [-0.39, 0.29) is 12.5 Å². The summed E-state index contributed by atoms with van der Waals surface area (Å²) in [6, 6.07) is 12.1. The maximum atomic E-state index is 12.0. The first-order valence-electron chi connectivity index (χ1n) is 8.20. The van der Waals surface area contributed by atoms with Crippen molar-refractivity contribution in [3.8, 4) is 11.5 Å². The molecule has 0 aliphatic carbocycles. The van der Waals surface area contributed by atoms with Crippen LogP contribution in [0.1, 0.15) is 22.8 Å². The van der Waals surface area contributed by atoms with Crippen LogP contribution in [-0.2, 0) is 4.79 Å². The second-order valence-electron chi connectivity index (χ2n) is 5.32. The number of rotatable bonds is 8. The molecule has 2 rings (SSSR count). The quantitative estimate of drug-likeness (QED) is 0.494. The fourth-order valence-electron chi connectivity index (χ4n) is 2.13. The van der Waals surface area contributed by atoms with Crippen molar-refractivity contribution in [3.63, 3.8) is 0 Å². The van der Waals surface area contributed by atoms with Gasteiger partial charge in [-0.2, -0.15) is 5.10 Å². The molecule has 0 aromatic heterocycles. The van der Waals surface area contributed by atoms with Crippen molar-refractivity contribution < 1.29 is 19.1 Å².